The maximum atomic E-state index is 13.6. The predicted octanol–water partition coefficient (Wildman–Crippen LogP) is 4.17. The lowest BCUT2D eigenvalue weighted by molar-refractivity contribution is -0.137. The number of amides is 1. The SMILES string of the molecule is O=C1OCCCN1CCCNc1nc(Nc2ccc(N3CCNCC3)cc2C2CC2)ncc1C(F)(F)F. The smallest absolute Gasteiger partial charge is 0.421 e. The highest BCUT2D eigenvalue weighted by Gasteiger charge is 2.35. The second-order valence-corrected chi connectivity index (χ2v) is 9.60. The van der Waals surface area contributed by atoms with Crippen molar-refractivity contribution in [3.05, 3.63) is 35.5 Å². The zero-order valence-electron chi connectivity index (χ0n) is 20.6. The number of anilines is 4. The molecule has 0 atom stereocenters. The summed E-state index contributed by atoms with van der Waals surface area (Å²) in [4.78, 5) is 23.8. The number of nitrogens with zero attached hydrogens (tertiary/aromatic N) is 4. The van der Waals surface area contributed by atoms with Crippen molar-refractivity contribution in [3.8, 4) is 0 Å². The summed E-state index contributed by atoms with van der Waals surface area (Å²) in [5.74, 6) is 0.252. The molecule has 9 nitrogen and oxygen atoms in total. The summed E-state index contributed by atoms with van der Waals surface area (Å²) in [6.45, 7) is 5.36. The summed E-state index contributed by atoms with van der Waals surface area (Å²) in [6, 6.07) is 6.19. The molecule has 1 saturated carbocycles. The van der Waals surface area contributed by atoms with Crippen LogP contribution in [0.3, 0.4) is 0 Å². The van der Waals surface area contributed by atoms with E-state index in [0.717, 1.165) is 68.6 Å². The van der Waals surface area contributed by atoms with Crippen LogP contribution >= 0.6 is 0 Å². The van der Waals surface area contributed by atoms with E-state index in [-0.39, 0.29) is 24.4 Å². The molecule has 1 aromatic carbocycles. The maximum Gasteiger partial charge on any atom is 0.421 e. The van der Waals surface area contributed by atoms with Crippen LogP contribution < -0.4 is 20.9 Å². The van der Waals surface area contributed by atoms with Gasteiger partial charge in [-0.1, -0.05) is 0 Å². The van der Waals surface area contributed by atoms with Crippen molar-refractivity contribution in [3.63, 3.8) is 0 Å². The van der Waals surface area contributed by atoms with Crippen LogP contribution in [0.15, 0.2) is 24.4 Å². The highest BCUT2D eigenvalue weighted by atomic mass is 19.4. The number of alkyl halides is 3. The van der Waals surface area contributed by atoms with Gasteiger partial charge in [-0.25, -0.2) is 9.78 Å². The van der Waals surface area contributed by atoms with Gasteiger partial charge in [0, 0.05) is 63.4 Å². The van der Waals surface area contributed by atoms with E-state index in [2.05, 4.69) is 36.9 Å². The third-order valence-electron chi connectivity index (χ3n) is 6.83. The van der Waals surface area contributed by atoms with E-state index in [1.54, 1.807) is 4.90 Å². The molecule has 0 spiro atoms. The van der Waals surface area contributed by atoms with Crippen LogP contribution in [0, 0.1) is 0 Å². The topological polar surface area (TPSA) is 94.6 Å². The summed E-state index contributed by atoms with van der Waals surface area (Å²) in [7, 11) is 0. The summed E-state index contributed by atoms with van der Waals surface area (Å²) >= 11 is 0. The summed E-state index contributed by atoms with van der Waals surface area (Å²) in [5, 5.41) is 9.32. The molecule has 2 aromatic rings. The number of hydrogen-bond donors (Lipinski definition) is 3. The average Bonchev–Trinajstić information content (AvgIpc) is 3.73. The molecule has 0 radical (unpaired) electrons. The number of aromatic nitrogens is 2. The normalized spacial score (nSPS) is 18.5. The van der Waals surface area contributed by atoms with E-state index in [0.29, 0.717) is 32.0 Å². The molecule has 1 amide bonds. The molecule has 0 unspecified atom stereocenters. The van der Waals surface area contributed by atoms with E-state index in [1.807, 2.05) is 12.1 Å². The Morgan fingerprint density at radius 3 is 2.70 bits per heavy atom. The van der Waals surface area contributed by atoms with Gasteiger partial charge in [0.15, 0.2) is 0 Å². The predicted molar refractivity (Wildman–Crippen MR) is 134 cm³/mol. The number of hydrogen-bond acceptors (Lipinski definition) is 8. The Kier molecular flexibility index (Phi) is 7.54. The van der Waals surface area contributed by atoms with Crippen LogP contribution in [-0.4, -0.2) is 73.4 Å². The molecule has 12 heteroatoms. The molecule has 1 aromatic heterocycles. The molecule has 200 valence electrons. The van der Waals surface area contributed by atoms with Gasteiger partial charge in [0.05, 0.1) is 6.61 Å². The number of piperazine rings is 1. The molecule has 5 rings (SSSR count). The molecule has 2 saturated heterocycles. The van der Waals surface area contributed by atoms with E-state index in [1.165, 1.54) is 0 Å². The Morgan fingerprint density at radius 2 is 1.97 bits per heavy atom. The molecule has 2 aliphatic heterocycles. The van der Waals surface area contributed by atoms with Crippen LogP contribution in [0.5, 0.6) is 0 Å². The zero-order valence-corrected chi connectivity index (χ0v) is 20.6. The fourth-order valence-corrected chi connectivity index (χ4v) is 4.70. The van der Waals surface area contributed by atoms with Crippen molar-refractivity contribution in [1.29, 1.82) is 0 Å². The first-order valence-electron chi connectivity index (χ1n) is 12.8. The lowest BCUT2D eigenvalue weighted by atomic mass is 10.1. The van der Waals surface area contributed by atoms with Gasteiger partial charge >= 0.3 is 12.3 Å². The van der Waals surface area contributed by atoms with Crippen molar-refractivity contribution in [1.82, 2.24) is 20.2 Å². The fourth-order valence-electron chi connectivity index (χ4n) is 4.70. The van der Waals surface area contributed by atoms with Crippen LogP contribution in [-0.2, 0) is 10.9 Å². The minimum atomic E-state index is -4.60. The van der Waals surface area contributed by atoms with Crippen LogP contribution in [0.4, 0.5) is 41.1 Å². The number of cyclic esters (lactones) is 1. The molecule has 3 N–H and O–H groups in total. The summed E-state index contributed by atoms with van der Waals surface area (Å²) < 4.78 is 45.9. The zero-order chi connectivity index (χ0) is 25.8. The second-order valence-electron chi connectivity index (χ2n) is 9.60. The molecule has 3 fully saturated rings. The first-order valence-corrected chi connectivity index (χ1v) is 12.8. The van der Waals surface area contributed by atoms with Crippen LogP contribution in [0.25, 0.3) is 0 Å². The van der Waals surface area contributed by atoms with Gasteiger partial charge in [-0.2, -0.15) is 18.2 Å². The molecule has 3 aliphatic rings. The van der Waals surface area contributed by atoms with Crippen molar-refractivity contribution in [2.45, 2.75) is 37.8 Å². The van der Waals surface area contributed by atoms with Crippen molar-refractivity contribution in [2.75, 3.05) is 68.0 Å². The Hall–Kier alpha value is -3.28. The van der Waals surface area contributed by atoms with Crippen LogP contribution in [0.2, 0.25) is 0 Å². The van der Waals surface area contributed by atoms with Gasteiger partial charge in [-0.3, -0.25) is 0 Å². The lowest BCUT2D eigenvalue weighted by Gasteiger charge is -2.30. The van der Waals surface area contributed by atoms with E-state index in [9.17, 15) is 18.0 Å². The van der Waals surface area contributed by atoms with Gasteiger partial charge < -0.3 is 30.5 Å². The highest BCUT2D eigenvalue weighted by Crippen LogP contribution is 2.45. The minimum absolute atomic E-state index is 0.104. The maximum absolute atomic E-state index is 13.6. The van der Waals surface area contributed by atoms with Crippen molar-refractivity contribution >= 4 is 29.2 Å². The van der Waals surface area contributed by atoms with E-state index < -0.39 is 11.7 Å². The van der Waals surface area contributed by atoms with Gasteiger partial charge in [0.1, 0.15) is 11.4 Å². The molecule has 0 bridgehead atoms. The standard InChI is InChI=1S/C25H32F3N7O2/c26-25(27,28)20-16-31-23(33-22(20)30-7-1-10-35-11-2-14-37-24(35)36)32-21-6-5-18(15-19(21)17-3-4-17)34-12-8-29-9-13-34/h5-6,15-17,29H,1-4,7-14H2,(H2,30,31,32,33). The monoisotopic (exact) mass is 519 g/mol. The van der Waals surface area contributed by atoms with Gasteiger partial charge in [0.2, 0.25) is 5.95 Å². The van der Waals surface area contributed by atoms with Gasteiger partial charge in [-0.15, -0.1) is 0 Å². The third kappa shape index (κ3) is 6.35. The Bertz CT molecular complexity index is 1100. The van der Waals surface area contributed by atoms with E-state index in [4.69, 9.17) is 4.74 Å². The quantitative estimate of drug-likeness (QED) is 0.425. The number of nitrogens with one attached hydrogen (secondary N) is 3. The molecule has 37 heavy (non-hydrogen) atoms. The van der Waals surface area contributed by atoms with Crippen molar-refractivity contribution < 1.29 is 22.7 Å². The van der Waals surface area contributed by atoms with Gasteiger partial charge in [-0.05, 0) is 55.4 Å². The second kappa shape index (κ2) is 11.0. The fraction of sp³-hybridized carbons (Fsp3) is 0.560. The number of ether oxygens (including phenoxy) is 1. The number of halogens is 3. The molecular formula is C25H32F3N7O2. The molecule has 3 heterocycles. The molecular weight excluding hydrogens is 487 g/mol. The Balaban J connectivity index is 1.29. The largest absolute Gasteiger partial charge is 0.449 e. The summed E-state index contributed by atoms with van der Waals surface area (Å²) in [6.07, 6.45) is -0.788. The van der Waals surface area contributed by atoms with Crippen LogP contribution in [0.1, 0.15) is 42.7 Å². The Morgan fingerprint density at radius 1 is 1.16 bits per heavy atom. The average molecular weight is 520 g/mol. The number of carbonyl (C=O) groups excluding carboxylic acids is 1. The first kappa shape index (κ1) is 25.4. The lowest BCUT2D eigenvalue weighted by Crippen LogP contribution is -2.43. The van der Waals surface area contributed by atoms with Gasteiger partial charge in [0.25, 0.3) is 0 Å². The number of benzene rings is 1. The van der Waals surface area contributed by atoms with Crippen molar-refractivity contribution in [2.24, 2.45) is 0 Å². The number of carbonyl (C=O) groups is 1. The first-order chi connectivity index (χ1) is 17.9. The highest BCUT2D eigenvalue weighted by molar-refractivity contribution is 5.68. The molecule has 1 aliphatic carbocycles. The third-order valence-corrected chi connectivity index (χ3v) is 6.83. The Labute approximate surface area is 213 Å². The summed E-state index contributed by atoms with van der Waals surface area (Å²) in [5.41, 5.74) is 2.19. The number of rotatable bonds is 9. The van der Waals surface area contributed by atoms with E-state index >= 15 is 0 Å². The minimum Gasteiger partial charge on any atom is -0.449 e.